The van der Waals surface area contributed by atoms with Gasteiger partial charge in [-0.05, 0) is 18.2 Å². The van der Waals surface area contributed by atoms with E-state index in [4.69, 9.17) is 5.21 Å². The Labute approximate surface area is 105 Å². The van der Waals surface area contributed by atoms with Crippen molar-refractivity contribution in [3.05, 3.63) is 36.5 Å². The minimum atomic E-state index is -1.24. The average Bonchev–Trinajstić information content (AvgIpc) is 2.29. The highest BCUT2D eigenvalue weighted by atomic mass is 16.5. The fourth-order valence-electron chi connectivity index (χ4n) is 1.75. The van der Waals surface area contributed by atoms with Crippen LogP contribution in [-0.4, -0.2) is 27.6 Å². The zero-order chi connectivity index (χ0) is 13.8. The summed E-state index contributed by atoms with van der Waals surface area (Å²) in [4.78, 5) is 22.0. The van der Waals surface area contributed by atoms with Crippen LogP contribution in [0.25, 0.3) is 0 Å². The number of aliphatic hydroxyl groups is 1. The van der Waals surface area contributed by atoms with Gasteiger partial charge in [-0.1, -0.05) is 26.0 Å². The zero-order valence-electron chi connectivity index (χ0n) is 10.4. The first-order valence-corrected chi connectivity index (χ1v) is 5.55. The molecule has 5 nitrogen and oxygen atoms in total. The number of amides is 1. The molecule has 1 unspecified atom stereocenters. The molecule has 3 N–H and O–H groups in total. The van der Waals surface area contributed by atoms with Crippen LogP contribution in [0.3, 0.4) is 0 Å². The van der Waals surface area contributed by atoms with Gasteiger partial charge in [-0.2, -0.15) is 0 Å². The van der Waals surface area contributed by atoms with Crippen LogP contribution in [0.1, 0.15) is 20.3 Å². The Morgan fingerprint density at radius 2 is 2.11 bits per heavy atom. The second kappa shape index (κ2) is 5.29. The van der Waals surface area contributed by atoms with Crippen LogP contribution in [0.4, 0.5) is 0 Å². The van der Waals surface area contributed by atoms with E-state index in [1.807, 2.05) is 0 Å². The third kappa shape index (κ3) is 3.15. The second-order valence-corrected chi connectivity index (χ2v) is 4.88. The van der Waals surface area contributed by atoms with Crippen molar-refractivity contribution in [3.63, 3.8) is 0 Å². The highest BCUT2D eigenvalue weighted by molar-refractivity contribution is 5.91. The number of ketones is 1. The number of carbonyl (C=O) groups is 2. The van der Waals surface area contributed by atoms with E-state index in [1.54, 1.807) is 13.8 Å². The Hall–Kier alpha value is -1.72. The van der Waals surface area contributed by atoms with Crippen LogP contribution >= 0.6 is 0 Å². The highest BCUT2D eigenvalue weighted by Gasteiger charge is 2.42. The standard InChI is InChI=1S/C13H17NO4/c1-12(2)9-10(15)6-8-13(12,17)7-4-3-5-11(16)14-18/h3-8,17-18H,9H2,1-2H3,(H,14,16)/b5-3+,7-4+. The molecule has 0 aliphatic heterocycles. The molecule has 0 fully saturated rings. The van der Waals surface area contributed by atoms with Gasteiger partial charge in [-0.3, -0.25) is 14.8 Å². The van der Waals surface area contributed by atoms with Gasteiger partial charge >= 0.3 is 0 Å². The minimum absolute atomic E-state index is 0.0201. The van der Waals surface area contributed by atoms with Crippen molar-refractivity contribution in [2.75, 3.05) is 0 Å². The Balaban J connectivity index is 2.84. The van der Waals surface area contributed by atoms with E-state index in [2.05, 4.69) is 0 Å². The van der Waals surface area contributed by atoms with Gasteiger partial charge < -0.3 is 5.11 Å². The molecule has 0 bridgehead atoms. The van der Waals surface area contributed by atoms with Crippen LogP contribution in [-0.2, 0) is 9.59 Å². The number of nitrogens with one attached hydrogen (secondary N) is 1. The Bertz CT molecular complexity index is 434. The van der Waals surface area contributed by atoms with Crippen LogP contribution in [0.15, 0.2) is 36.5 Å². The van der Waals surface area contributed by atoms with Crippen LogP contribution in [0.5, 0.6) is 0 Å². The molecular weight excluding hydrogens is 234 g/mol. The average molecular weight is 251 g/mol. The summed E-state index contributed by atoms with van der Waals surface area (Å²) in [6.45, 7) is 3.59. The summed E-state index contributed by atoms with van der Waals surface area (Å²) in [7, 11) is 0. The van der Waals surface area contributed by atoms with Crippen LogP contribution in [0, 0.1) is 5.41 Å². The van der Waals surface area contributed by atoms with Crippen LogP contribution < -0.4 is 5.48 Å². The first-order valence-electron chi connectivity index (χ1n) is 5.55. The molecule has 0 aromatic heterocycles. The molecule has 0 aromatic carbocycles. The predicted octanol–water partition coefficient (Wildman–Crippen LogP) is 0.890. The molecule has 1 aliphatic rings. The normalized spacial score (nSPS) is 27.0. The molecule has 0 radical (unpaired) electrons. The molecule has 0 heterocycles. The van der Waals surface area contributed by atoms with E-state index in [1.165, 1.54) is 35.9 Å². The smallest absolute Gasteiger partial charge is 0.267 e. The lowest BCUT2D eigenvalue weighted by Crippen LogP contribution is -2.44. The third-order valence-electron chi connectivity index (χ3n) is 3.04. The molecule has 0 aromatic rings. The van der Waals surface area contributed by atoms with E-state index in [-0.39, 0.29) is 12.2 Å². The van der Waals surface area contributed by atoms with E-state index >= 15 is 0 Å². The molecule has 98 valence electrons. The van der Waals surface area contributed by atoms with Gasteiger partial charge in [0.1, 0.15) is 5.60 Å². The van der Waals surface area contributed by atoms with Gasteiger partial charge in [0.15, 0.2) is 5.78 Å². The molecule has 5 heteroatoms. The van der Waals surface area contributed by atoms with E-state index in [0.29, 0.717) is 0 Å². The van der Waals surface area contributed by atoms with Gasteiger partial charge in [0.25, 0.3) is 5.91 Å². The van der Waals surface area contributed by atoms with Crippen molar-refractivity contribution in [1.82, 2.24) is 5.48 Å². The van der Waals surface area contributed by atoms with Crippen molar-refractivity contribution >= 4 is 11.7 Å². The minimum Gasteiger partial charge on any atom is -0.381 e. The topological polar surface area (TPSA) is 86.6 Å². The van der Waals surface area contributed by atoms with E-state index in [0.717, 1.165) is 6.08 Å². The van der Waals surface area contributed by atoms with Crippen molar-refractivity contribution < 1.29 is 19.9 Å². The molecule has 18 heavy (non-hydrogen) atoms. The fraction of sp³-hybridized carbons (Fsp3) is 0.385. The van der Waals surface area contributed by atoms with E-state index < -0.39 is 16.9 Å². The summed E-state index contributed by atoms with van der Waals surface area (Å²) in [6, 6.07) is 0. The summed E-state index contributed by atoms with van der Waals surface area (Å²) < 4.78 is 0. The van der Waals surface area contributed by atoms with Gasteiger partial charge in [0.05, 0.1) is 0 Å². The maximum absolute atomic E-state index is 11.3. The molecule has 0 saturated carbocycles. The number of rotatable bonds is 3. The van der Waals surface area contributed by atoms with Crippen molar-refractivity contribution in [1.29, 1.82) is 0 Å². The monoisotopic (exact) mass is 251 g/mol. The van der Waals surface area contributed by atoms with E-state index in [9.17, 15) is 14.7 Å². The predicted molar refractivity (Wildman–Crippen MR) is 65.7 cm³/mol. The van der Waals surface area contributed by atoms with Crippen molar-refractivity contribution in [3.8, 4) is 0 Å². The SMILES string of the molecule is CC1(C)CC(=O)C=CC1(O)/C=C/C=C/C(=O)NO. The molecule has 1 amide bonds. The second-order valence-electron chi connectivity index (χ2n) is 4.88. The molecular formula is C13H17NO4. The lowest BCUT2D eigenvalue weighted by molar-refractivity contribution is -0.124. The molecule has 1 atom stereocenters. The third-order valence-corrected chi connectivity index (χ3v) is 3.04. The van der Waals surface area contributed by atoms with Crippen molar-refractivity contribution in [2.45, 2.75) is 25.9 Å². The van der Waals surface area contributed by atoms with Crippen molar-refractivity contribution in [2.24, 2.45) is 5.41 Å². The number of carbonyl (C=O) groups excluding carboxylic acids is 2. The fourth-order valence-corrected chi connectivity index (χ4v) is 1.75. The number of allylic oxidation sites excluding steroid dienone is 3. The molecule has 1 aliphatic carbocycles. The quantitative estimate of drug-likeness (QED) is 0.301. The lowest BCUT2D eigenvalue weighted by atomic mass is 9.68. The highest BCUT2D eigenvalue weighted by Crippen LogP contribution is 2.39. The Kier molecular flexibility index (Phi) is 4.21. The first kappa shape index (κ1) is 14.3. The Morgan fingerprint density at radius 3 is 2.67 bits per heavy atom. The largest absolute Gasteiger partial charge is 0.381 e. The molecule has 0 saturated heterocycles. The molecule has 0 spiro atoms. The zero-order valence-corrected chi connectivity index (χ0v) is 10.4. The summed E-state index contributed by atoms with van der Waals surface area (Å²) >= 11 is 0. The summed E-state index contributed by atoms with van der Waals surface area (Å²) in [5.41, 5.74) is -0.390. The van der Waals surface area contributed by atoms with Gasteiger partial charge in [-0.15, -0.1) is 0 Å². The number of hydrogen-bond acceptors (Lipinski definition) is 4. The Morgan fingerprint density at radius 1 is 1.44 bits per heavy atom. The lowest BCUT2D eigenvalue weighted by Gasteiger charge is -2.40. The maximum atomic E-state index is 11.3. The van der Waals surface area contributed by atoms with Gasteiger partial charge in [0, 0.05) is 17.9 Å². The first-order chi connectivity index (χ1) is 8.31. The summed E-state index contributed by atoms with van der Waals surface area (Å²) in [5.74, 6) is -0.673. The maximum Gasteiger partial charge on any atom is 0.267 e. The van der Waals surface area contributed by atoms with Gasteiger partial charge in [-0.25, -0.2) is 5.48 Å². The number of hydroxylamine groups is 1. The van der Waals surface area contributed by atoms with Crippen LogP contribution in [0.2, 0.25) is 0 Å². The summed E-state index contributed by atoms with van der Waals surface area (Å²) in [6.07, 6.45) is 8.59. The van der Waals surface area contributed by atoms with Gasteiger partial charge in [0.2, 0.25) is 0 Å². The number of hydrogen-bond donors (Lipinski definition) is 3. The molecule has 1 rings (SSSR count). The summed E-state index contributed by atoms with van der Waals surface area (Å²) in [5, 5.41) is 18.7.